The lowest BCUT2D eigenvalue weighted by molar-refractivity contribution is -0.349. The Morgan fingerprint density at radius 2 is 1.51 bits per heavy atom. The van der Waals surface area contributed by atoms with Gasteiger partial charge in [0.05, 0.1) is 23.5 Å². The largest absolute Gasteiger partial charge is 0.509 e. The maximum atomic E-state index is 15.7. The van der Waals surface area contributed by atoms with E-state index < -0.39 is 149 Å². The van der Waals surface area contributed by atoms with E-state index in [-0.39, 0.29) is 50.1 Å². The number of nitrogens with one attached hydrogen (secondary N) is 2. The minimum atomic E-state index is -2.55. The van der Waals surface area contributed by atoms with Gasteiger partial charge >= 0.3 is 42.2 Å². The normalized spacial score (nSPS) is 28.9. The van der Waals surface area contributed by atoms with Gasteiger partial charge in [-0.1, -0.05) is 94.6 Å². The van der Waals surface area contributed by atoms with Gasteiger partial charge in [-0.25, -0.2) is 24.0 Å². The van der Waals surface area contributed by atoms with Crippen molar-refractivity contribution in [2.24, 2.45) is 28.6 Å². The number of esters is 4. The molecule has 2 aromatic rings. The number of hydrogen-bond acceptors (Lipinski definition) is 19. The number of benzene rings is 2. The quantitative estimate of drug-likeness (QED) is 0.0508. The Balaban J connectivity index is 1.49. The van der Waals surface area contributed by atoms with Crippen LogP contribution in [0.4, 0.5) is 14.4 Å². The molecular formula is C55H68N2O19. The van der Waals surface area contributed by atoms with Crippen LogP contribution in [0.1, 0.15) is 103 Å². The number of Topliss-reactive ketones (excluding diaryl/α,β-unsaturated/α-hetero) is 2. The van der Waals surface area contributed by atoms with Crippen LogP contribution < -0.4 is 10.6 Å². The highest BCUT2D eigenvalue weighted by atomic mass is 16.7. The number of carbonyl (C=O) groups excluding carboxylic acids is 9. The lowest BCUT2D eigenvalue weighted by Crippen LogP contribution is -2.83. The minimum absolute atomic E-state index is 0.00560. The first-order chi connectivity index (χ1) is 35.7. The van der Waals surface area contributed by atoms with Crippen LogP contribution in [-0.2, 0) is 66.6 Å². The Bertz CT molecular complexity index is 2540. The summed E-state index contributed by atoms with van der Waals surface area (Å²) in [6.45, 7) is 17.9. The summed E-state index contributed by atoms with van der Waals surface area (Å²) < 4.78 is 52.2. The molecule has 21 heteroatoms. The third-order valence-corrected chi connectivity index (χ3v) is 14.8. The molecule has 21 nitrogen and oxygen atoms in total. The molecule has 3 saturated carbocycles. The van der Waals surface area contributed by atoms with Gasteiger partial charge in [-0.3, -0.25) is 19.2 Å². The zero-order valence-corrected chi connectivity index (χ0v) is 44.0. The molecule has 2 bridgehead atoms. The summed E-state index contributed by atoms with van der Waals surface area (Å²) in [5.41, 5.74) is -9.34. The molecule has 12 atom stereocenters. The molecule has 76 heavy (non-hydrogen) atoms. The molecule has 1 saturated heterocycles. The zero-order chi connectivity index (χ0) is 56.0. The average molecular weight is 1060 g/mol. The van der Waals surface area contributed by atoms with Crippen molar-refractivity contribution in [2.45, 2.75) is 134 Å². The van der Waals surface area contributed by atoms with Crippen LogP contribution in [0, 0.1) is 28.6 Å². The molecule has 4 aliphatic rings. The minimum Gasteiger partial charge on any atom is -0.461 e. The second-order valence-corrected chi connectivity index (χ2v) is 21.2. The fourth-order valence-electron chi connectivity index (χ4n) is 11.2. The molecule has 4 unspecified atom stereocenters. The summed E-state index contributed by atoms with van der Waals surface area (Å²) in [6.07, 6.45) is -10.1. The fourth-order valence-corrected chi connectivity index (χ4v) is 11.2. The second kappa shape index (κ2) is 23.4. The maximum absolute atomic E-state index is 15.7. The van der Waals surface area contributed by atoms with Crippen molar-refractivity contribution in [1.29, 1.82) is 0 Å². The van der Waals surface area contributed by atoms with Crippen LogP contribution in [0.25, 0.3) is 0 Å². The van der Waals surface area contributed by atoms with E-state index in [1.165, 1.54) is 64.1 Å². The number of fused-ring (bicyclic) bond motifs is 5. The Kier molecular flexibility index (Phi) is 17.9. The number of carbonyl (C=O) groups is 9. The SMILES string of the molecule is C=CCOC(=O)CCCNC(=O)OC1C[C@H]2OC[C@@]2(OC(C)=O)[C@H]2[C@H](OC(=O)c3ccccc3)[C@]3(O)CC(OC(=O)[C@H](OC(=O)OCC=C)[C@@H](NC(=O)OC(C)(C)C)c4ccccc4)C(C)C(C(=O)C(=O)[C@]12C)C3(C)C. The predicted octanol–water partition coefficient (Wildman–Crippen LogP) is 5.99. The van der Waals surface area contributed by atoms with Gasteiger partial charge in [0.25, 0.3) is 0 Å². The summed E-state index contributed by atoms with van der Waals surface area (Å²) in [6, 6.07) is 14.0. The number of rotatable bonds is 18. The number of amides is 2. The van der Waals surface area contributed by atoms with Gasteiger partial charge in [-0.15, -0.1) is 0 Å². The molecule has 3 N–H and O–H groups in total. The van der Waals surface area contributed by atoms with E-state index in [0.29, 0.717) is 0 Å². The maximum Gasteiger partial charge on any atom is 0.509 e. The Morgan fingerprint density at radius 1 is 0.882 bits per heavy atom. The summed E-state index contributed by atoms with van der Waals surface area (Å²) in [5.74, 6) is -10.5. The van der Waals surface area contributed by atoms with Gasteiger partial charge in [0.2, 0.25) is 17.7 Å². The lowest BCUT2D eigenvalue weighted by Gasteiger charge is -2.68. The zero-order valence-electron chi connectivity index (χ0n) is 44.0. The summed E-state index contributed by atoms with van der Waals surface area (Å²) in [4.78, 5) is 127. The van der Waals surface area contributed by atoms with Gasteiger partial charge < -0.3 is 58.4 Å². The summed E-state index contributed by atoms with van der Waals surface area (Å²) >= 11 is 0. The van der Waals surface area contributed by atoms with E-state index in [9.17, 15) is 33.9 Å². The highest BCUT2D eigenvalue weighted by Gasteiger charge is 2.80. The number of ketones is 2. The van der Waals surface area contributed by atoms with E-state index in [0.717, 1.165) is 6.92 Å². The van der Waals surface area contributed by atoms with Crippen molar-refractivity contribution in [3.8, 4) is 0 Å². The van der Waals surface area contributed by atoms with Crippen LogP contribution in [-0.4, -0.2) is 133 Å². The van der Waals surface area contributed by atoms with Crippen molar-refractivity contribution in [3.63, 3.8) is 0 Å². The third kappa shape index (κ3) is 11.9. The van der Waals surface area contributed by atoms with Crippen LogP contribution >= 0.6 is 0 Å². The standard InChI is InChI=1S/C55H68N2O19/c1-11-26-68-38(59)24-19-25-56-48(64)72-36-28-37-54(30-70-37,75-32(4)58)43-45(74-46(62)34-22-17-14-18-23-34)55(67)29-35(31(3)39(52(55,8)9)41(60)44(61)53(36,43)10)71-47(63)42(73-50(66)69-27-12-2)40(33-20-15-13-16-21-33)57-49(65)76-51(5,6)7/h11-18,20-23,31,35-37,39-40,42-43,45,67H,1-2,19,24-30H2,3-10H3,(H,56,64)(H,57,65)/t31?,35?,36?,37-,39?,40+,42-,43+,45+,53-,54+,55-/m1/s1. The van der Waals surface area contributed by atoms with E-state index >= 15 is 14.4 Å². The Hall–Kier alpha value is -7.13. The molecule has 0 aromatic heterocycles. The highest BCUT2D eigenvalue weighted by Crippen LogP contribution is 2.65. The molecule has 2 aromatic carbocycles. The first-order valence-corrected chi connectivity index (χ1v) is 25.0. The van der Waals surface area contributed by atoms with Crippen LogP contribution in [0.5, 0.6) is 0 Å². The van der Waals surface area contributed by atoms with E-state index in [1.54, 1.807) is 57.2 Å². The predicted molar refractivity (Wildman–Crippen MR) is 266 cm³/mol. The van der Waals surface area contributed by atoms with Crippen LogP contribution in [0.3, 0.4) is 0 Å². The first kappa shape index (κ1) is 58.1. The molecule has 0 radical (unpaired) electrons. The molecule has 6 rings (SSSR count). The van der Waals surface area contributed by atoms with Crippen molar-refractivity contribution in [1.82, 2.24) is 10.6 Å². The second-order valence-electron chi connectivity index (χ2n) is 21.2. The fraction of sp³-hybridized carbons (Fsp3) is 0.545. The van der Waals surface area contributed by atoms with Crippen LogP contribution in [0.2, 0.25) is 0 Å². The smallest absolute Gasteiger partial charge is 0.461 e. The monoisotopic (exact) mass is 1060 g/mol. The Labute approximate surface area is 440 Å². The van der Waals surface area contributed by atoms with Crippen molar-refractivity contribution < 1.29 is 90.9 Å². The molecule has 0 spiro atoms. The highest BCUT2D eigenvalue weighted by molar-refractivity contribution is 6.40. The molecule has 4 fully saturated rings. The first-order valence-electron chi connectivity index (χ1n) is 25.0. The van der Waals surface area contributed by atoms with Gasteiger partial charge in [0, 0.05) is 50.0 Å². The number of hydrogen-bond donors (Lipinski definition) is 3. The number of aliphatic hydroxyl groups is 1. The third-order valence-electron chi connectivity index (χ3n) is 14.8. The number of alkyl carbamates (subject to hydrolysis) is 2. The molecule has 1 heterocycles. The van der Waals surface area contributed by atoms with Gasteiger partial charge in [-0.05, 0) is 51.8 Å². The summed E-state index contributed by atoms with van der Waals surface area (Å²) in [7, 11) is 0. The molecular weight excluding hydrogens is 993 g/mol. The van der Waals surface area contributed by atoms with Crippen molar-refractivity contribution in [2.75, 3.05) is 26.4 Å². The molecule has 2 amide bonds. The topological polar surface area (TPSA) is 281 Å². The van der Waals surface area contributed by atoms with E-state index in [1.807, 2.05) is 0 Å². The van der Waals surface area contributed by atoms with E-state index in [2.05, 4.69) is 23.8 Å². The van der Waals surface area contributed by atoms with Gasteiger partial charge in [0.1, 0.15) is 54.9 Å². The van der Waals surface area contributed by atoms with E-state index in [4.69, 9.17) is 42.6 Å². The van der Waals surface area contributed by atoms with Crippen LogP contribution in [0.15, 0.2) is 86.0 Å². The summed E-state index contributed by atoms with van der Waals surface area (Å²) in [5, 5.41) is 19.1. The average Bonchev–Trinajstić information content (AvgIpc) is 3.39. The van der Waals surface area contributed by atoms with Crippen molar-refractivity contribution in [3.05, 3.63) is 97.1 Å². The molecule has 1 aliphatic heterocycles. The molecule has 3 aliphatic carbocycles. The Morgan fingerprint density at radius 3 is 2.11 bits per heavy atom. The molecule has 412 valence electrons. The lowest BCUT2D eigenvalue weighted by atomic mass is 9.42. The van der Waals surface area contributed by atoms with Gasteiger partial charge in [-0.2, -0.15) is 0 Å². The number of ether oxygens (including phenoxy) is 9. The van der Waals surface area contributed by atoms with Gasteiger partial charge in [0.15, 0.2) is 5.60 Å². The van der Waals surface area contributed by atoms with Crippen molar-refractivity contribution >= 4 is 53.8 Å².